The van der Waals surface area contributed by atoms with E-state index in [1.165, 1.54) is 11.8 Å². The second-order valence-corrected chi connectivity index (χ2v) is 10.4. The van der Waals surface area contributed by atoms with Crippen LogP contribution >= 0.6 is 35.0 Å². The summed E-state index contributed by atoms with van der Waals surface area (Å²) < 4.78 is 0. The maximum atomic E-state index is 13.3. The third-order valence-electron chi connectivity index (χ3n) is 6.23. The van der Waals surface area contributed by atoms with E-state index in [9.17, 15) is 9.59 Å². The molecule has 3 aromatic carbocycles. The molecule has 0 aromatic heterocycles. The quantitative estimate of drug-likeness (QED) is 0.391. The van der Waals surface area contributed by atoms with Gasteiger partial charge in [0.1, 0.15) is 0 Å². The highest BCUT2D eigenvalue weighted by atomic mass is 35.5. The number of piperazine rings is 1. The normalized spacial score (nSPS) is 17.1. The van der Waals surface area contributed by atoms with Crippen LogP contribution in [0.3, 0.4) is 0 Å². The van der Waals surface area contributed by atoms with E-state index in [1.54, 1.807) is 18.0 Å². The first-order chi connectivity index (χ1) is 16.9. The van der Waals surface area contributed by atoms with E-state index in [-0.39, 0.29) is 11.8 Å². The lowest BCUT2D eigenvalue weighted by Gasteiger charge is -2.36. The van der Waals surface area contributed by atoms with Crippen LogP contribution in [0.2, 0.25) is 10.0 Å². The molecule has 2 aliphatic heterocycles. The average molecular weight is 524 g/mol. The Kier molecular flexibility index (Phi) is 6.78. The van der Waals surface area contributed by atoms with Crippen molar-refractivity contribution in [2.75, 3.05) is 43.0 Å². The highest BCUT2D eigenvalue weighted by molar-refractivity contribution is 8.04. The second kappa shape index (κ2) is 9.97. The van der Waals surface area contributed by atoms with Crippen LogP contribution in [0, 0.1) is 0 Å². The summed E-state index contributed by atoms with van der Waals surface area (Å²) >= 11 is 13.8. The van der Waals surface area contributed by atoms with Crippen LogP contribution < -0.4 is 9.80 Å². The van der Waals surface area contributed by atoms with E-state index in [0.717, 1.165) is 34.9 Å². The Balaban J connectivity index is 1.32. The van der Waals surface area contributed by atoms with Gasteiger partial charge in [0.05, 0.1) is 10.6 Å². The summed E-state index contributed by atoms with van der Waals surface area (Å²) in [6.45, 7) is 2.72. The summed E-state index contributed by atoms with van der Waals surface area (Å²) in [6, 6.07) is 20.8. The van der Waals surface area contributed by atoms with E-state index in [4.69, 9.17) is 23.2 Å². The van der Waals surface area contributed by atoms with Crippen LogP contribution in [-0.2, 0) is 4.79 Å². The van der Waals surface area contributed by atoms with Gasteiger partial charge in [-0.15, -0.1) is 0 Å². The lowest BCUT2D eigenvalue weighted by atomic mass is 10.1. The molecule has 2 amide bonds. The number of benzene rings is 3. The molecular weight excluding hydrogens is 501 g/mol. The van der Waals surface area contributed by atoms with Crippen molar-refractivity contribution in [1.29, 1.82) is 0 Å². The van der Waals surface area contributed by atoms with E-state index in [1.807, 2.05) is 71.6 Å². The van der Waals surface area contributed by atoms with Gasteiger partial charge in [0.15, 0.2) is 0 Å². The minimum Gasteiger partial charge on any atom is -0.368 e. The van der Waals surface area contributed by atoms with Gasteiger partial charge < -0.3 is 14.7 Å². The highest BCUT2D eigenvalue weighted by Crippen LogP contribution is 2.42. The standard InChI is InChI=1S/C27H23Cl2N3O2S/c1-30-23-15-19(26(33)32-13-11-31(12-14-32)21-7-4-6-20(28)17-21)9-10-24(23)35-25(27(30)34)16-18-5-2-3-8-22(18)29/h2-10,15-17H,11-14H2,1H3/b25-16-. The fraction of sp³-hybridized carbons (Fsp3) is 0.185. The molecule has 0 N–H and O–H groups in total. The fourth-order valence-electron chi connectivity index (χ4n) is 4.28. The van der Waals surface area contributed by atoms with E-state index in [0.29, 0.717) is 33.6 Å². The molecule has 3 aromatic rings. The first kappa shape index (κ1) is 23.8. The SMILES string of the molecule is CN1C(=O)/C(=C/c2ccccc2Cl)Sc2ccc(C(=O)N3CCN(c4cccc(Cl)c4)CC3)cc21. The number of likely N-dealkylation sites (N-methyl/N-ethyl adjacent to an activating group) is 1. The van der Waals surface area contributed by atoms with Gasteiger partial charge in [-0.25, -0.2) is 0 Å². The van der Waals surface area contributed by atoms with Crippen LogP contribution in [0.5, 0.6) is 0 Å². The molecule has 0 spiro atoms. The number of nitrogens with zero attached hydrogens (tertiary/aromatic N) is 3. The summed E-state index contributed by atoms with van der Waals surface area (Å²) in [5, 5.41) is 1.30. The first-order valence-electron chi connectivity index (χ1n) is 11.3. The molecule has 1 saturated heterocycles. The van der Waals surface area contributed by atoms with Crippen molar-refractivity contribution in [2.45, 2.75) is 4.90 Å². The molecule has 0 bridgehead atoms. The van der Waals surface area contributed by atoms with Gasteiger partial charge in [0.2, 0.25) is 0 Å². The molecule has 5 nitrogen and oxygen atoms in total. The molecule has 5 rings (SSSR count). The summed E-state index contributed by atoms with van der Waals surface area (Å²) in [5.41, 5.74) is 3.18. The smallest absolute Gasteiger partial charge is 0.264 e. The Morgan fingerprint density at radius 1 is 0.943 bits per heavy atom. The predicted molar refractivity (Wildman–Crippen MR) is 145 cm³/mol. The maximum absolute atomic E-state index is 13.3. The predicted octanol–water partition coefficient (Wildman–Crippen LogP) is 6.07. The van der Waals surface area contributed by atoms with Crippen molar-refractivity contribution in [3.05, 3.63) is 92.8 Å². The number of amides is 2. The third kappa shape index (κ3) is 4.92. The monoisotopic (exact) mass is 523 g/mol. The van der Waals surface area contributed by atoms with Crippen LogP contribution in [-0.4, -0.2) is 49.9 Å². The molecule has 35 heavy (non-hydrogen) atoms. The minimum atomic E-state index is -0.123. The number of carbonyl (C=O) groups excluding carboxylic acids is 2. The van der Waals surface area contributed by atoms with Crippen LogP contribution in [0.25, 0.3) is 6.08 Å². The van der Waals surface area contributed by atoms with Crippen molar-refractivity contribution >= 4 is 64.2 Å². The number of hydrogen-bond acceptors (Lipinski definition) is 4. The van der Waals surface area contributed by atoms with Gasteiger partial charge in [0, 0.05) is 59.4 Å². The number of anilines is 2. The van der Waals surface area contributed by atoms with Gasteiger partial charge in [-0.1, -0.05) is 59.2 Å². The van der Waals surface area contributed by atoms with E-state index >= 15 is 0 Å². The molecular formula is C27H23Cl2N3O2S. The maximum Gasteiger partial charge on any atom is 0.264 e. The molecule has 0 atom stereocenters. The number of hydrogen-bond donors (Lipinski definition) is 0. The topological polar surface area (TPSA) is 43.9 Å². The van der Waals surface area contributed by atoms with Crippen molar-refractivity contribution in [3.8, 4) is 0 Å². The number of fused-ring (bicyclic) bond motifs is 1. The Morgan fingerprint density at radius 3 is 2.46 bits per heavy atom. The highest BCUT2D eigenvalue weighted by Gasteiger charge is 2.29. The zero-order valence-corrected chi connectivity index (χ0v) is 21.4. The van der Waals surface area contributed by atoms with Gasteiger partial charge in [0.25, 0.3) is 11.8 Å². The lowest BCUT2D eigenvalue weighted by Crippen LogP contribution is -2.48. The van der Waals surface area contributed by atoms with Gasteiger partial charge in [-0.05, 0) is 54.1 Å². The lowest BCUT2D eigenvalue weighted by molar-refractivity contribution is -0.114. The summed E-state index contributed by atoms with van der Waals surface area (Å²) in [6.07, 6.45) is 1.81. The fourth-order valence-corrected chi connectivity index (χ4v) is 5.74. The van der Waals surface area contributed by atoms with Crippen molar-refractivity contribution < 1.29 is 9.59 Å². The molecule has 2 aliphatic rings. The van der Waals surface area contributed by atoms with Crippen molar-refractivity contribution in [1.82, 2.24) is 4.90 Å². The minimum absolute atomic E-state index is 0.0261. The molecule has 1 fully saturated rings. The number of thioether (sulfide) groups is 1. The summed E-state index contributed by atoms with van der Waals surface area (Å²) in [4.78, 5) is 33.5. The second-order valence-electron chi connectivity index (χ2n) is 8.44. The van der Waals surface area contributed by atoms with Crippen molar-refractivity contribution in [3.63, 3.8) is 0 Å². The molecule has 2 heterocycles. The Hall–Kier alpha value is -2.93. The molecule has 0 unspecified atom stereocenters. The van der Waals surface area contributed by atoms with E-state index < -0.39 is 0 Å². The van der Waals surface area contributed by atoms with Crippen LogP contribution in [0.15, 0.2) is 76.5 Å². The Labute approximate surface area is 218 Å². The number of halogens is 2. The number of rotatable bonds is 3. The van der Waals surface area contributed by atoms with Gasteiger partial charge >= 0.3 is 0 Å². The largest absolute Gasteiger partial charge is 0.368 e. The summed E-state index contributed by atoms with van der Waals surface area (Å²) in [7, 11) is 1.74. The summed E-state index contributed by atoms with van der Waals surface area (Å²) in [5.74, 6) is -0.149. The van der Waals surface area contributed by atoms with Crippen LogP contribution in [0.4, 0.5) is 11.4 Å². The molecule has 0 saturated carbocycles. The molecule has 0 radical (unpaired) electrons. The van der Waals surface area contributed by atoms with E-state index in [2.05, 4.69) is 4.90 Å². The Morgan fingerprint density at radius 2 is 1.71 bits per heavy atom. The molecule has 8 heteroatoms. The third-order valence-corrected chi connectivity index (χ3v) is 7.89. The van der Waals surface area contributed by atoms with Crippen LogP contribution in [0.1, 0.15) is 15.9 Å². The van der Waals surface area contributed by atoms with Gasteiger partial charge in [-0.2, -0.15) is 0 Å². The number of carbonyl (C=O) groups is 2. The van der Waals surface area contributed by atoms with Gasteiger partial charge in [-0.3, -0.25) is 9.59 Å². The van der Waals surface area contributed by atoms with Crippen molar-refractivity contribution in [2.24, 2.45) is 0 Å². The average Bonchev–Trinajstić information content (AvgIpc) is 2.88. The first-order valence-corrected chi connectivity index (χ1v) is 12.8. The molecule has 178 valence electrons. The zero-order valence-electron chi connectivity index (χ0n) is 19.1. The molecule has 0 aliphatic carbocycles. The zero-order chi connectivity index (χ0) is 24.5. The Bertz CT molecular complexity index is 1340.